The fourth-order valence-corrected chi connectivity index (χ4v) is 9.95. The van der Waals surface area contributed by atoms with Gasteiger partial charge in [0.05, 0.1) is 30.1 Å². The summed E-state index contributed by atoms with van der Waals surface area (Å²) < 4.78 is 40.3. The van der Waals surface area contributed by atoms with Gasteiger partial charge in [0.2, 0.25) is 6.10 Å². The summed E-state index contributed by atoms with van der Waals surface area (Å²) in [5, 5.41) is 16.4. The topological polar surface area (TPSA) is 199 Å². The van der Waals surface area contributed by atoms with Crippen LogP contribution < -0.4 is 5.32 Å². The molecule has 7 rings (SSSR count). The summed E-state index contributed by atoms with van der Waals surface area (Å²) in [4.78, 5) is 83.9. The Morgan fingerprint density at radius 3 is 2.02 bits per heavy atom. The first-order valence-electron chi connectivity index (χ1n) is 20.5. The van der Waals surface area contributed by atoms with E-state index in [1.165, 1.54) is 6.42 Å². The van der Waals surface area contributed by atoms with Crippen molar-refractivity contribution in [3.05, 3.63) is 131 Å². The Hall–Kier alpha value is -4.60. The van der Waals surface area contributed by atoms with Gasteiger partial charge in [-0.2, -0.15) is 0 Å². The molecule has 2 saturated carbocycles. The molecule has 3 aliphatic carbocycles. The van der Waals surface area contributed by atoms with Gasteiger partial charge in [-0.15, -0.1) is 0 Å². The first-order valence-corrected chi connectivity index (χ1v) is 23.6. The van der Waals surface area contributed by atoms with Gasteiger partial charge in [-0.05, 0) is 100 Å². The number of amides is 1. The Bertz CT molecular complexity index is 2280. The molecule has 15 nitrogen and oxygen atoms in total. The number of benzene rings is 3. The van der Waals surface area contributed by atoms with Crippen molar-refractivity contribution < 1.29 is 67.0 Å². The lowest BCUT2D eigenvalue weighted by atomic mass is 9.46. The average molecular weight is 1100 g/mol. The molecule has 64 heavy (non-hydrogen) atoms. The Kier molecular flexibility index (Phi) is 14.4. The molecule has 0 unspecified atom stereocenters. The van der Waals surface area contributed by atoms with Crippen molar-refractivity contribution in [3.8, 4) is 0 Å². The minimum Gasteiger partial charge on any atom is -0.455 e. The van der Waals surface area contributed by atoms with E-state index in [0.717, 1.165) is 0 Å². The van der Waals surface area contributed by atoms with Crippen molar-refractivity contribution in [2.24, 2.45) is 16.7 Å². The molecule has 2 N–H and O–H groups in total. The van der Waals surface area contributed by atoms with Crippen LogP contribution in [0.25, 0.3) is 0 Å². The van der Waals surface area contributed by atoms with Gasteiger partial charge in [0, 0.05) is 35.7 Å². The SMILES string of the molecule is CC1=C2[CH]C(=O)[C@]3(C)[C@@H](OC(=O)OCI)C[C@H]4OC[C]4[C@H]3[C@H](OC(=O)c3ccccc3)[C@](O)(C[C@@H]1OC(=O)[C@H](OC(=O)OCI)[C@@H](NC(=O)c1ccccc1)c1ccccc1)C2(C)C. The third kappa shape index (κ3) is 9.00. The fourth-order valence-electron chi connectivity index (χ4n) is 9.44. The number of ether oxygens (including phenoxy) is 7. The number of carbonyl (C=O) groups is 6. The minimum atomic E-state index is -2.13. The Labute approximate surface area is 397 Å². The van der Waals surface area contributed by atoms with Crippen LogP contribution in [0.1, 0.15) is 72.9 Å². The molecule has 338 valence electrons. The Morgan fingerprint density at radius 1 is 0.828 bits per heavy atom. The van der Waals surface area contributed by atoms with Crippen molar-refractivity contribution in [2.45, 2.75) is 82.7 Å². The molecule has 2 bridgehead atoms. The highest BCUT2D eigenvalue weighted by Gasteiger charge is 2.72. The molecule has 0 spiro atoms. The van der Waals surface area contributed by atoms with E-state index in [4.69, 9.17) is 33.2 Å². The second kappa shape index (κ2) is 19.5. The quantitative estimate of drug-likeness (QED) is 0.0788. The van der Waals surface area contributed by atoms with Gasteiger partial charge in [0.1, 0.15) is 39.2 Å². The van der Waals surface area contributed by atoms with Crippen molar-refractivity contribution in [3.63, 3.8) is 0 Å². The van der Waals surface area contributed by atoms with Crippen molar-refractivity contribution in [1.29, 1.82) is 0 Å². The number of hydrogen-bond acceptors (Lipinski definition) is 14. The summed E-state index contributed by atoms with van der Waals surface area (Å²) in [6, 6.07) is 23.5. The second-order valence-corrected chi connectivity index (χ2v) is 18.0. The lowest BCUT2D eigenvalue weighted by Gasteiger charge is -2.63. The molecule has 3 fully saturated rings. The number of carbonyl (C=O) groups excluding carboxylic acids is 6. The predicted octanol–water partition coefficient (Wildman–Crippen LogP) is 7.39. The molecule has 3 aromatic rings. The normalized spacial score (nSPS) is 27.9. The predicted molar refractivity (Wildman–Crippen MR) is 244 cm³/mol. The average Bonchev–Trinajstić information content (AvgIpc) is 3.27. The van der Waals surface area contributed by atoms with E-state index in [1.54, 1.807) is 141 Å². The van der Waals surface area contributed by atoms with E-state index in [9.17, 15) is 29.1 Å². The smallest absolute Gasteiger partial charge is 0.455 e. The zero-order valence-electron chi connectivity index (χ0n) is 35.3. The largest absolute Gasteiger partial charge is 0.509 e. The third-order valence-electron chi connectivity index (χ3n) is 13.1. The number of alkyl halides is 2. The van der Waals surface area contributed by atoms with Gasteiger partial charge in [0.15, 0.2) is 5.78 Å². The van der Waals surface area contributed by atoms with Crippen molar-refractivity contribution in [2.75, 3.05) is 15.8 Å². The van der Waals surface area contributed by atoms with Crippen LogP contribution in [-0.4, -0.2) is 93.0 Å². The van der Waals surface area contributed by atoms with Crippen LogP contribution in [-0.2, 0) is 42.7 Å². The maximum Gasteiger partial charge on any atom is 0.509 e. The van der Waals surface area contributed by atoms with Crippen LogP contribution in [0.15, 0.2) is 102 Å². The van der Waals surface area contributed by atoms with E-state index in [1.807, 2.05) is 22.6 Å². The number of nitrogens with one attached hydrogen (secondary N) is 1. The number of halogens is 2. The molecule has 1 amide bonds. The second-order valence-electron chi connectivity index (χ2n) is 16.7. The molecule has 4 aliphatic rings. The molecular formula is C47H47I2NO14. The van der Waals surface area contributed by atoms with Crippen LogP contribution in [0.4, 0.5) is 9.59 Å². The van der Waals surface area contributed by atoms with Gasteiger partial charge >= 0.3 is 24.2 Å². The highest BCUT2D eigenvalue weighted by molar-refractivity contribution is 14.1. The highest BCUT2D eigenvalue weighted by Crippen LogP contribution is 2.63. The van der Waals surface area contributed by atoms with Crippen LogP contribution in [0, 0.1) is 29.1 Å². The van der Waals surface area contributed by atoms with E-state index in [-0.39, 0.29) is 45.4 Å². The lowest BCUT2D eigenvalue weighted by molar-refractivity contribution is -0.232. The standard InChI is InChI=1S/C47H47I2NO14/c1-26-31-20-34(51)46(4)35(62-43(55)59-24-48)21-32-30(23-58-32)36(46)39(64-41(53)29-18-12-7-13-19-29)47(57,45(31,2)3)22-33(26)61-42(54)38(63-44(56)60-25-49)37(27-14-8-5-9-15-27)50-40(52)28-16-10-6-11-17-28/h5-20,32-33,35-39,57H,21-25H2,1-4H3,(H,50,52)/t32-,33+,35+,36+,37+,38-,39+,46-,47-/m1/s1. The summed E-state index contributed by atoms with van der Waals surface area (Å²) in [5.74, 6) is -3.43. The summed E-state index contributed by atoms with van der Waals surface area (Å²) >= 11 is 3.64. The molecule has 1 heterocycles. The molecule has 1 saturated heterocycles. The monoisotopic (exact) mass is 1100 g/mol. The number of hydrogen-bond donors (Lipinski definition) is 2. The summed E-state index contributed by atoms with van der Waals surface area (Å²) in [7, 11) is 0. The highest BCUT2D eigenvalue weighted by atomic mass is 127. The van der Waals surface area contributed by atoms with Crippen LogP contribution in [0.3, 0.4) is 0 Å². The summed E-state index contributed by atoms with van der Waals surface area (Å²) in [6.07, 6.45) is -7.62. The molecular weight excluding hydrogens is 1060 g/mol. The maximum absolute atomic E-state index is 15.2. The van der Waals surface area contributed by atoms with E-state index < -0.39 is 94.9 Å². The number of Topliss-reactive ketones (excluding diaryl/α,β-unsaturated/α-hetero) is 1. The van der Waals surface area contributed by atoms with Gasteiger partial charge in [-0.25, -0.2) is 19.2 Å². The maximum atomic E-state index is 15.2. The number of esters is 2. The number of aliphatic hydroxyl groups is 1. The minimum absolute atomic E-state index is 0.0187. The molecule has 9 atom stereocenters. The molecule has 1 aliphatic heterocycles. The third-order valence-corrected chi connectivity index (χ3v) is 13.7. The van der Waals surface area contributed by atoms with E-state index in [0.29, 0.717) is 17.1 Å². The first kappa shape index (κ1) is 47.4. The van der Waals surface area contributed by atoms with Crippen molar-refractivity contribution in [1.82, 2.24) is 5.32 Å². The van der Waals surface area contributed by atoms with Crippen molar-refractivity contribution >= 4 is 81.1 Å². The Balaban J connectivity index is 1.33. The van der Waals surface area contributed by atoms with Crippen LogP contribution >= 0.6 is 45.2 Å². The van der Waals surface area contributed by atoms with Gasteiger partial charge < -0.3 is 43.6 Å². The molecule has 0 aromatic heterocycles. The van der Waals surface area contributed by atoms with Crippen LogP contribution in [0.5, 0.6) is 0 Å². The lowest BCUT2D eigenvalue weighted by Crippen LogP contribution is -2.73. The zero-order valence-corrected chi connectivity index (χ0v) is 39.6. The molecule has 2 radical (unpaired) electrons. The Morgan fingerprint density at radius 2 is 1.42 bits per heavy atom. The molecule has 3 aromatic carbocycles. The molecule has 17 heteroatoms. The zero-order chi connectivity index (χ0) is 46.0. The van der Waals surface area contributed by atoms with Gasteiger partial charge in [-0.3, -0.25) is 9.59 Å². The van der Waals surface area contributed by atoms with E-state index in [2.05, 4.69) is 5.32 Å². The number of ketones is 1. The van der Waals surface area contributed by atoms with Crippen LogP contribution in [0.2, 0.25) is 0 Å². The van der Waals surface area contributed by atoms with Gasteiger partial charge in [-0.1, -0.05) is 80.6 Å². The fraction of sp³-hybridized carbons (Fsp3) is 0.404. The van der Waals surface area contributed by atoms with E-state index >= 15 is 4.79 Å². The summed E-state index contributed by atoms with van der Waals surface area (Å²) in [6.45, 7) is 6.77. The van der Waals surface area contributed by atoms with Gasteiger partial charge in [0.25, 0.3) is 5.91 Å². The summed E-state index contributed by atoms with van der Waals surface area (Å²) in [5.41, 5.74) is -3.68. The number of rotatable bonds is 12. The number of fused-ring (bicyclic) bond motifs is 5. The first-order chi connectivity index (χ1) is 30.5.